The van der Waals surface area contributed by atoms with Crippen LogP contribution in [0.4, 0.5) is 0 Å². The maximum atomic E-state index is 11.8. The SMILES string of the molecule is CON(C)S(=O)(=O)c1cc(Br)sc1Br. The molecule has 0 aliphatic carbocycles. The van der Waals surface area contributed by atoms with E-state index in [1.807, 2.05) is 0 Å². The predicted molar refractivity (Wildman–Crippen MR) is 61.7 cm³/mol. The molecule has 0 saturated heterocycles. The summed E-state index contributed by atoms with van der Waals surface area (Å²) in [4.78, 5) is 4.84. The van der Waals surface area contributed by atoms with E-state index >= 15 is 0 Å². The highest BCUT2D eigenvalue weighted by molar-refractivity contribution is 9.12. The van der Waals surface area contributed by atoms with Gasteiger partial charge in [-0.2, -0.15) is 0 Å². The number of rotatable bonds is 3. The molecule has 0 spiro atoms. The van der Waals surface area contributed by atoms with Crippen molar-refractivity contribution in [3.63, 3.8) is 0 Å². The van der Waals surface area contributed by atoms with Gasteiger partial charge in [-0.1, -0.05) is 4.47 Å². The molecule has 80 valence electrons. The molecule has 0 bridgehead atoms. The molecule has 4 nitrogen and oxygen atoms in total. The topological polar surface area (TPSA) is 46.6 Å². The highest BCUT2D eigenvalue weighted by Gasteiger charge is 2.25. The lowest BCUT2D eigenvalue weighted by atomic mass is 10.7. The van der Waals surface area contributed by atoms with Crippen LogP contribution >= 0.6 is 43.2 Å². The Morgan fingerprint density at radius 3 is 2.43 bits per heavy atom. The Morgan fingerprint density at radius 1 is 1.50 bits per heavy atom. The molecule has 1 rings (SSSR count). The number of sulfonamides is 1. The molecular weight excluding hydrogens is 358 g/mol. The van der Waals surface area contributed by atoms with Crippen molar-refractivity contribution < 1.29 is 13.3 Å². The van der Waals surface area contributed by atoms with Crippen molar-refractivity contribution in [3.8, 4) is 0 Å². The van der Waals surface area contributed by atoms with Gasteiger partial charge in [0.05, 0.1) is 14.7 Å². The first-order chi connectivity index (χ1) is 6.39. The third kappa shape index (κ3) is 2.37. The molecule has 0 saturated carbocycles. The van der Waals surface area contributed by atoms with Crippen LogP contribution in [0.5, 0.6) is 0 Å². The van der Waals surface area contributed by atoms with Crippen LogP contribution < -0.4 is 0 Å². The summed E-state index contributed by atoms with van der Waals surface area (Å²) < 4.78 is 25.6. The van der Waals surface area contributed by atoms with Crippen LogP contribution in [0, 0.1) is 0 Å². The Bertz CT molecular complexity index is 428. The molecule has 0 aromatic carbocycles. The van der Waals surface area contributed by atoms with E-state index in [4.69, 9.17) is 0 Å². The molecule has 1 aromatic heterocycles. The number of halogens is 2. The highest BCUT2D eigenvalue weighted by Crippen LogP contribution is 2.35. The molecule has 0 atom stereocenters. The lowest BCUT2D eigenvalue weighted by molar-refractivity contribution is -0.0258. The number of hydrogen-bond acceptors (Lipinski definition) is 4. The van der Waals surface area contributed by atoms with Gasteiger partial charge >= 0.3 is 0 Å². The van der Waals surface area contributed by atoms with Gasteiger partial charge in [-0.3, -0.25) is 4.84 Å². The molecule has 1 aromatic rings. The predicted octanol–water partition coefficient (Wildman–Crippen LogP) is 2.46. The van der Waals surface area contributed by atoms with Crippen molar-refractivity contribution >= 4 is 53.2 Å². The standard InChI is InChI=1S/C6H7Br2NO3S2/c1-9(12-2)14(10,11)4-3-5(7)13-6(4)8/h3H,1-2H3. The van der Waals surface area contributed by atoms with Crippen molar-refractivity contribution in [1.82, 2.24) is 4.47 Å². The molecule has 0 N–H and O–H groups in total. The second kappa shape index (κ2) is 4.58. The van der Waals surface area contributed by atoms with Gasteiger partial charge in [0.1, 0.15) is 4.90 Å². The second-order valence-corrected chi connectivity index (χ2v) is 7.94. The smallest absolute Gasteiger partial charge is 0.266 e. The Morgan fingerprint density at radius 2 is 2.07 bits per heavy atom. The number of thiophene rings is 1. The van der Waals surface area contributed by atoms with Crippen molar-refractivity contribution in [1.29, 1.82) is 0 Å². The summed E-state index contributed by atoms with van der Waals surface area (Å²) >= 11 is 7.68. The van der Waals surface area contributed by atoms with E-state index in [1.54, 1.807) is 0 Å². The van der Waals surface area contributed by atoms with E-state index in [2.05, 4.69) is 36.7 Å². The molecule has 0 radical (unpaired) electrons. The zero-order valence-corrected chi connectivity index (χ0v) is 12.1. The Labute approximate surface area is 103 Å². The normalized spacial score (nSPS) is 12.4. The number of nitrogens with zero attached hydrogens (tertiary/aromatic N) is 1. The molecule has 0 aliphatic heterocycles. The first-order valence-corrected chi connectivity index (χ1v) is 7.21. The minimum absolute atomic E-state index is 0.193. The zero-order valence-electron chi connectivity index (χ0n) is 7.32. The Kier molecular flexibility index (Phi) is 4.12. The fourth-order valence-corrected chi connectivity index (χ4v) is 5.47. The van der Waals surface area contributed by atoms with Gasteiger partial charge in [0.25, 0.3) is 10.0 Å². The van der Waals surface area contributed by atoms with Gasteiger partial charge in [-0.25, -0.2) is 8.42 Å². The summed E-state index contributed by atoms with van der Waals surface area (Å²) in [6.07, 6.45) is 0. The van der Waals surface area contributed by atoms with Crippen LogP contribution in [0.2, 0.25) is 0 Å². The van der Waals surface area contributed by atoms with E-state index in [1.165, 1.54) is 31.6 Å². The summed E-state index contributed by atoms with van der Waals surface area (Å²) in [5.74, 6) is 0. The molecule has 0 aliphatic rings. The number of hydroxylamine groups is 1. The van der Waals surface area contributed by atoms with Gasteiger partial charge < -0.3 is 0 Å². The summed E-state index contributed by atoms with van der Waals surface area (Å²) in [6.45, 7) is 0. The van der Waals surface area contributed by atoms with Gasteiger partial charge in [0.2, 0.25) is 0 Å². The van der Waals surface area contributed by atoms with Gasteiger partial charge in [0, 0.05) is 7.05 Å². The maximum absolute atomic E-state index is 11.8. The average Bonchev–Trinajstić information content (AvgIpc) is 2.44. The highest BCUT2D eigenvalue weighted by atomic mass is 79.9. The fourth-order valence-electron chi connectivity index (χ4n) is 0.738. The first kappa shape index (κ1) is 12.6. The molecule has 1 heterocycles. The van der Waals surface area contributed by atoms with Crippen molar-refractivity contribution in [2.75, 3.05) is 14.2 Å². The lowest BCUT2D eigenvalue weighted by Crippen LogP contribution is -2.25. The molecular formula is C6H7Br2NO3S2. The van der Waals surface area contributed by atoms with E-state index in [-0.39, 0.29) is 4.90 Å². The molecule has 0 amide bonds. The Hall–Kier alpha value is 0.530. The summed E-state index contributed by atoms with van der Waals surface area (Å²) in [6, 6.07) is 1.53. The second-order valence-electron chi connectivity index (χ2n) is 2.29. The fraction of sp³-hybridized carbons (Fsp3) is 0.333. The first-order valence-electron chi connectivity index (χ1n) is 3.37. The summed E-state index contributed by atoms with van der Waals surface area (Å²) in [7, 11) is -0.915. The van der Waals surface area contributed by atoms with Crippen LogP contribution in [-0.2, 0) is 14.9 Å². The van der Waals surface area contributed by atoms with Gasteiger partial charge in [-0.15, -0.1) is 11.3 Å². The molecule has 14 heavy (non-hydrogen) atoms. The van der Waals surface area contributed by atoms with Crippen molar-refractivity contribution in [3.05, 3.63) is 13.6 Å². The maximum Gasteiger partial charge on any atom is 0.266 e. The third-order valence-corrected chi connectivity index (χ3v) is 5.93. The Balaban J connectivity index is 3.23. The van der Waals surface area contributed by atoms with Crippen molar-refractivity contribution in [2.24, 2.45) is 0 Å². The van der Waals surface area contributed by atoms with Crippen molar-refractivity contribution in [2.45, 2.75) is 4.90 Å². The third-order valence-electron chi connectivity index (χ3n) is 1.50. The summed E-state index contributed by atoms with van der Waals surface area (Å²) in [5, 5.41) is 0. The van der Waals surface area contributed by atoms with Crippen LogP contribution in [0.1, 0.15) is 0 Å². The quantitative estimate of drug-likeness (QED) is 0.774. The molecule has 0 unspecified atom stereocenters. The van der Waals surface area contributed by atoms with Crippen LogP contribution in [-0.4, -0.2) is 27.0 Å². The monoisotopic (exact) mass is 363 g/mol. The number of hydrogen-bond donors (Lipinski definition) is 0. The van der Waals surface area contributed by atoms with E-state index < -0.39 is 10.0 Å². The van der Waals surface area contributed by atoms with Crippen LogP contribution in [0.25, 0.3) is 0 Å². The summed E-state index contributed by atoms with van der Waals surface area (Å²) in [5.41, 5.74) is 0. The lowest BCUT2D eigenvalue weighted by Gasteiger charge is -2.12. The van der Waals surface area contributed by atoms with Gasteiger partial charge in [0.15, 0.2) is 0 Å². The van der Waals surface area contributed by atoms with Crippen LogP contribution in [0.15, 0.2) is 18.5 Å². The largest absolute Gasteiger partial charge is 0.288 e. The molecule has 8 heteroatoms. The van der Waals surface area contributed by atoms with E-state index in [0.29, 0.717) is 3.79 Å². The van der Waals surface area contributed by atoms with E-state index in [0.717, 1.165) is 8.25 Å². The zero-order chi connectivity index (χ0) is 10.9. The van der Waals surface area contributed by atoms with Crippen LogP contribution in [0.3, 0.4) is 0 Å². The minimum Gasteiger partial charge on any atom is -0.288 e. The van der Waals surface area contributed by atoms with E-state index in [9.17, 15) is 8.42 Å². The molecule has 0 fully saturated rings. The average molecular weight is 365 g/mol. The van der Waals surface area contributed by atoms with Gasteiger partial charge in [-0.05, 0) is 37.9 Å². The minimum atomic E-state index is -3.55.